The molecule has 0 atom stereocenters. The van der Waals surface area contributed by atoms with Crippen molar-refractivity contribution in [2.75, 3.05) is 66.3 Å². The molecule has 1 aromatic heterocycles. The Kier molecular flexibility index (Phi) is 9.50. The molecular weight excluding hydrogens is 636 g/mol. The molecule has 256 valence electrons. The van der Waals surface area contributed by atoms with Crippen LogP contribution in [0.25, 0.3) is 27.2 Å². The Bertz CT molecular complexity index is 2020. The number of amides is 4. The molecule has 0 unspecified atom stereocenters. The van der Waals surface area contributed by atoms with E-state index in [1.165, 1.54) is 9.80 Å². The fourth-order valence-corrected chi connectivity index (χ4v) is 7.03. The van der Waals surface area contributed by atoms with Crippen molar-refractivity contribution in [1.82, 2.24) is 29.2 Å². The van der Waals surface area contributed by atoms with Gasteiger partial charge < -0.3 is 19.3 Å². The number of hydrogen-bond donors (Lipinski definition) is 1. The van der Waals surface area contributed by atoms with E-state index < -0.39 is 0 Å². The smallest absolute Gasteiger partial charge is 0.261 e. The Labute approximate surface area is 289 Å². The van der Waals surface area contributed by atoms with Gasteiger partial charge in [-0.05, 0) is 62.3 Å². The third-order valence-electron chi connectivity index (χ3n) is 9.61. The summed E-state index contributed by atoms with van der Waals surface area (Å²) < 4.78 is 7.06. The number of imide groups is 2. The van der Waals surface area contributed by atoms with Gasteiger partial charge in [0, 0.05) is 83.5 Å². The number of benzene rings is 4. The highest BCUT2D eigenvalue weighted by Crippen LogP contribution is 2.34. The van der Waals surface area contributed by atoms with Crippen LogP contribution in [0.15, 0.2) is 85.5 Å². The Morgan fingerprint density at radius 3 is 1.96 bits per heavy atom. The molecule has 0 saturated carbocycles. The van der Waals surface area contributed by atoms with Crippen molar-refractivity contribution in [3.8, 4) is 5.69 Å². The average molecular weight is 675 g/mol. The SMILES string of the molecule is CN(CCCN(CCOCO)CCN1C(=O)c2cccc3cccc(c23)C1=O)CCN1C(=O)c2cccc3c(-n4ccnc4)ccc(c23)C1=O. The first-order valence-corrected chi connectivity index (χ1v) is 16.7. The number of likely N-dealkylation sites (N-methyl/N-ethyl adjacent to an activating group) is 1. The largest absolute Gasteiger partial charge is 0.371 e. The van der Waals surface area contributed by atoms with Gasteiger partial charge in [0.2, 0.25) is 0 Å². The molecule has 50 heavy (non-hydrogen) atoms. The van der Waals surface area contributed by atoms with Crippen molar-refractivity contribution in [1.29, 1.82) is 0 Å². The van der Waals surface area contributed by atoms with Crippen LogP contribution in [0.2, 0.25) is 0 Å². The second-order valence-corrected chi connectivity index (χ2v) is 12.6. The summed E-state index contributed by atoms with van der Waals surface area (Å²) in [5.74, 6) is -1.21. The van der Waals surface area contributed by atoms with E-state index in [1.807, 2.05) is 60.3 Å². The number of aliphatic hydroxyl groups is 1. The molecule has 0 radical (unpaired) electrons. The molecule has 4 amide bonds. The van der Waals surface area contributed by atoms with Crippen LogP contribution in [0.5, 0.6) is 0 Å². The number of rotatable bonds is 15. The minimum atomic E-state index is -0.390. The van der Waals surface area contributed by atoms with E-state index in [2.05, 4.69) is 14.8 Å². The normalized spacial score (nSPS) is 14.3. The third-order valence-corrected chi connectivity index (χ3v) is 9.61. The second kappa shape index (κ2) is 14.3. The predicted octanol–water partition coefficient (Wildman–Crippen LogP) is 3.66. The van der Waals surface area contributed by atoms with Crippen LogP contribution < -0.4 is 0 Å². The first kappa shape index (κ1) is 33.2. The van der Waals surface area contributed by atoms with E-state index in [0.29, 0.717) is 72.4 Å². The van der Waals surface area contributed by atoms with Crippen molar-refractivity contribution >= 4 is 45.2 Å². The van der Waals surface area contributed by atoms with E-state index in [-0.39, 0.29) is 43.5 Å². The first-order chi connectivity index (χ1) is 24.4. The summed E-state index contributed by atoms with van der Waals surface area (Å²) in [6.07, 6.45) is 5.96. The summed E-state index contributed by atoms with van der Waals surface area (Å²) in [6.45, 7) is 3.15. The number of aliphatic hydroxyl groups excluding tert-OH is 1. The van der Waals surface area contributed by atoms with Crippen molar-refractivity contribution in [2.24, 2.45) is 0 Å². The van der Waals surface area contributed by atoms with Crippen LogP contribution >= 0.6 is 0 Å². The fraction of sp³-hybridized carbons (Fsp3) is 0.289. The molecule has 1 N–H and O–H groups in total. The quantitative estimate of drug-likeness (QED) is 0.101. The zero-order valence-corrected chi connectivity index (χ0v) is 27.8. The van der Waals surface area contributed by atoms with E-state index in [4.69, 9.17) is 9.84 Å². The third kappa shape index (κ3) is 6.18. The molecular formula is C38H38N6O6. The van der Waals surface area contributed by atoms with Gasteiger partial charge in [-0.25, -0.2) is 4.98 Å². The Morgan fingerprint density at radius 2 is 1.32 bits per heavy atom. The van der Waals surface area contributed by atoms with Gasteiger partial charge in [0.15, 0.2) is 0 Å². The molecule has 0 spiro atoms. The number of aromatic nitrogens is 2. The van der Waals surface area contributed by atoms with Gasteiger partial charge in [-0.1, -0.05) is 36.4 Å². The molecule has 2 aliphatic rings. The van der Waals surface area contributed by atoms with Crippen molar-refractivity contribution in [3.63, 3.8) is 0 Å². The predicted molar refractivity (Wildman–Crippen MR) is 187 cm³/mol. The van der Waals surface area contributed by atoms with Gasteiger partial charge in [-0.15, -0.1) is 0 Å². The lowest BCUT2D eigenvalue weighted by Gasteiger charge is -2.31. The lowest BCUT2D eigenvalue weighted by molar-refractivity contribution is -0.0104. The molecule has 2 aliphatic heterocycles. The minimum absolute atomic E-state index is 0.217. The zero-order chi connectivity index (χ0) is 34.8. The van der Waals surface area contributed by atoms with E-state index in [1.54, 1.807) is 36.8 Å². The summed E-state index contributed by atoms with van der Waals surface area (Å²) in [6, 6.07) is 20.2. The Hall–Kier alpha value is -5.27. The summed E-state index contributed by atoms with van der Waals surface area (Å²) >= 11 is 0. The zero-order valence-electron chi connectivity index (χ0n) is 27.8. The molecule has 5 aromatic rings. The van der Waals surface area contributed by atoms with E-state index in [0.717, 1.165) is 22.9 Å². The summed E-state index contributed by atoms with van der Waals surface area (Å²) in [4.78, 5) is 64.9. The van der Waals surface area contributed by atoms with Crippen LogP contribution in [0.3, 0.4) is 0 Å². The highest BCUT2D eigenvalue weighted by molar-refractivity contribution is 6.27. The topological polar surface area (TPSA) is 129 Å². The van der Waals surface area contributed by atoms with Gasteiger partial charge in [-0.3, -0.25) is 33.9 Å². The lowest BCUT2D eigenvalue weighted by atomic mass is 9.93. The molecule has 4 aromatic carbocycles. The maximum absolute atomic E-state index is 13.6. The number of ether oxygens (including phenoxy) is 1. The summed E-state index contributed by atoms with van der Waals surface area (Å²) in [7, 11) is 1.95. The molecule has 12 heteroatoms. The Balaban J connectivity index is 0.954. The highest BCUT2D eigenvalue weighted by Gasteiger charge is 2.34. The van der Waals surface area contributed by atoms with Crippen LogP contribution in [0.1, 0.15) is 47.9 Å². The lowest BCUT2D eigenvalue weighted by Crippen LogP contribution is -2.45. The van der Waals surface area contributed by atoms with Crippen molar-refractivity contribution in [3.05, 3.63) is 108 Å². The average Bonchev–Trinajstić information content (AvgIpc) is 3.67. The molecule has 3 heterocycles. The van der Waals surface area contributed by atoms with Crippen LogP contribution in [-0.4, -0.2) is 124 Å². The van der Waals surface area contributed by atoms with Crippen molar-refractivity contribution < 1.29 is 29.0 Å². The summed E-state index contributed by atoms with van der Waals surface area (Å²) in [5.41, 5.74) is 2.92. The summed E-state index contributed by atoms with van der Waals surface area (Å²) in [5, 5.41) is 12.2. The standard InChI is InChI=1S/C38H38N6O6/c1-40(18-20-43-37(48)30-11-4-8-27-32(42-17-14-39-24-42)13-12-31(34(27)30)38(43)49)15-5-16-41(22-23-50-25-45)19-21-44-35(46)28-9-2-6-26-7-3-10-29(33(26)28)36(44)47/h2-4,6-14,17,24,45H,5,15-16,18-23,25H2,1H3. The maximum Gasteiger partial charge on any atom is 0.261 e. The molecule has 12 nitrogen and oxygen atoms in total. The van der Waals surface area contributed by atoms with Gasteiger partial charge in [0.05, 0.1) is 18.6 Å². The molecule has 0 fully saturated rings. The highest BCUT2D eigenvalue weighted by atomic mass is 16.6. The number of carbonyl (C=O) groups excluding carboxylic acids is 4. The second-order valence-electron chi connectivity index (χ2n) is 12.6. The fourth-order valence-electron chi connectivity index (χ4n) is 7.03. The first-order valence-electron chi connectivity index (χ1n) is 16.7. The number of carbonyl (C=O) groups is 4. The minimum Gasteiger partial charge on any atom is -0.371 e. The van der Waals surface area contributed by atoms with Gasteiger partial charge in [0.25, 0.3) is 23.6 Å². The van der Waals surface area contributed by atoms with Crippen LogP contribution in [0, 0.1) is 0 Å². The number of nitrogens with zero attached hydrogens (tertiary/aromatic N) is 6. The van der Waals surface area contributed by atoms with Crippen LogP contribution in [-0.2, 0) is 4.74 Å². The van der Waals surface area contributed by atoms with E-state index >= 15 is 0 Å². The number of imidazole rings is 1. The van der Waals surface area contributed by atoms with Crippen molar-refractivity contribution in [2.45, 2.75) is 6.42 Å². The molecule has 0 saturated heterocycles. The maximum atomic E-state index is 13.6. The Morgan fingerprint density at radius 1 is 0.700 bits per heavy atom. The van der Waals surface area contributed by atoms with Crippen LogP contribution in [0.4, 0.5) is 0 Å². The molecule has 7 rings (SSSR count). The van der Waals surface area contributed by atoms with Gasteiger partial charge in [0.1, 0.15) is 6.79 Å². The molecule has 0 bridgehead atoms. The van der Waals surface area contributed by atoms with Gasteiger partial charge >= 0.3 is 0 Å². The van der Waals surface area contributed by atoms with Gasteiger partial charge in [-0.2, -0.15) is 0 Å². The molecule has 0 aliphatic carbocycles. The monoisotopic (exact) mass is 674 g/mol. The van der Waals surface area contributed by atoms with E-state index in [9.17, 15) is 19.2 Å². The number of hydrogen-bond acceptors (Lipinski definition) is 9.